The number of sulfonamides is 1. The van der Waals surface area contributed by atoms with Gasteiger partial charge in [0.25, 0.3) is 10.0 Å². The van der Waals surface area contributed by atoms with Crippen LogP contribution in [0.3, 0.4) is 0 Å². The van der Waals surface area contributed by atoms with Crippen molar-refractivity contribution in [2.45, 2.75) is 11.9 Å². The molecule has 0 fully saturated rings. The molecule has 0 aromatic carbocycles. The second-order valence-electron chi connectivity index (χ2n) is 3.16. The number of anilines is 1. The van der Waals surface area contributed by atoms with Crippen LogP contribution in [0.25, 0.3) is 0 Å². The van der Waals surface area contributed by atoms with Gasteiger partial charge in [-0.05, 0) is 6.92 Å². The molecule has 0 spiro atoms. The fraction of sp³-hybridized carbons (Fsp3) is 0.125. The number of aryl methyl sites for hydroxylation is 1. The molecule has 0 aliphatic carbocycles. The second kappa shape index (κ2) is 4.30. The molecule has 0 bridgehead atoms. The Morgan fingerprint density at radius 1 is 1.24 bits per heavy atom. The van der Waals surface area contributed by atoms with E-state index < -0.39 is 10.0 Å². The van der Waals surface area contributed by atoms with Crippen LogP contribution in [-0.4, -0.2) is 28.4 Å². The Bertz CT molecular complexity index is 622. The highest BCUT2D eigenvalue weighted by atomic mass is 35.5. The van der Waals surface area contributed by atoms with Crippen LogP contribution >= 0.6 is 11.6 Å². The van der Waals surface area contributed by atoms with Gasteiger partial charge in [0.05, 0.1) is 18.6 Å². The van der Waals surface area contributed by atoms with Crippen LogP contribution < -0.4 is 4.72 Å². The summed E-state index contributed by atoms with van der Waals surface area (Å²) in [6.07, 6.45) is 3.70. The summed E-state index contributed by atoms with van der Waals surface area (Å²) in [6, 6.07) is 0. The number of imidazole rings is 1. The number of halogens is 1. The molecule has 0 saturated carbocycles. The smallest absolute Gasteiger partial charge is 0.280 e. The van der Waals surface area contributed by atoms with Crippen molar-refractivity contribution >= 4 is 27.4 Å². The number of H-pyrrole nitrogens is 1. The summed E-state index contributed by atoms with van der Waals surface area (Å²) in [5.41, 5.74) is 0. The summed E-state index contributed by atoms with van der Waals surface area (Å²) in [6.45, 7) is 1.65. The second-order valence-corrected chi connectivity index (χ2v) is 5.20. The quantitative estimate of drug-likeness (QED) is 0.867. The van der Waals surface area contributed by atoms with Crippen molar-refractivity contribution in [3.8, 4) is 0 Å². The van der Waals surface area contributed by atoms with Gasteiger partial charge < -0.3 is 4.98 Å². The highest BCUT2D eigenvalue weighted by Gasteiger charge is 2.17. The highest BCUT2D eigenvalue weighted by Crippen LogP contribution is 2.12. The van der Waals surface area contributed by atoms with Crippen LogP contribution in [-0.2, 0) is 10.0 Å². The van der Waals surface area contributed by atoms with Gasteiger partial charge in [0, 0.05) is 0 Å². The molecule has 7 nitrogen and oxygen atoms in total. The first-order chi connectivity index (χ1) is 7.97. The average Bonchev–Trinajstić information content (AvgIpc) is 2.69. The highest BCUT2D eigenvalue weighted by molar-refractivity contribution is 7.92. The summed E-state index contributed by atoms with van der Waals surface area (Å²) in [7, 11) is -3.72. The third-order valence-corrected chi connectivity index (χ3v) is 3.29. The lowest BCUT2D eigenvalue weighted by Crippen LogP contribution is -2.14. The Morgan fingerprint density at radius 2 is 2.00 bits per heavy atom. The van der Waals surface area contributed by atoms with Gasteiger partial charge in [0.15, 0.2) is 10.8 Å². The molecule has 2 heterocycles. The van der Waals surface area contributed by atoms with E-state index in [1.807, 2.05) is 0 Å². The summed E-state index contributed by atoms with van der Waals surface area (Å²) < 4.78 is 25.9. The molecule has 2 rings (SSSR count). The van der Waals surface area contributed by atoms with Gasteiger partial charge in [0.2, 0.25) is 0 Å². The maximum atomic E-state index is 11.8. The zero-order valence-electron chi connectivity index (χ0n) is 8.68. The van der Waals surface area contributed by atoms with E-state index in [9.17, 15) is 8.42 Å². The summed E-state index contributed by atoms with van der Waals surface area (Å²) in [5, 5.41) is 0.150. The number of nitrogens with one attached hydrogen (secondary N) is 2. The van der Waals surface area contributed by atoms with Crippen molar-refractivity contribution in [1.82, 2.24) is 19.9 Å². The lowest BCUT2D eigenvalue weighted by molar-refractivity contribution is 0.598. The molecule has 90 valence electrons. The van der Waals surface area contributed by atoms with Crippen molar-refractivity contribution in [3.63, 3.8) is 0 Å². The van der Waals surface area contributed by atoms with E-state index in [1.165, 1.54) is 18.6 Å². The molecule has 17 heavy (non-hydrogen) atoms. The normalized spacial score (nSPS) is 11.4. The zero-order chi connectivity index (χ0) is 12.5. The standard InChI is InChI=1S/C8H8ClN5O2S/c1-5-10-4-8(13-5)17(15,16)14-7-3-11-6(9)2-12-7/h2-4H,1H3,(H,10,13)(H,12,14). The molecule has 0 aliphatic rings. The minimum absolute atomic E-state index is 0.0354. The Balaban J connectivity index is 2.26. The van der Waals surface area contributed by atoms with Crippen LogP contribution in [0.1, 0.15) is 5.82 Å². The number of nitrogens with zero attached hydrogens (tertiary/aromatic N) is 3. The topological polar surface area (TPSA) is 101 Å². The molecule has 2 aromatic heterocycles. The van der Waals surface area contributed by atoms with E-state index >= 15 is 0 Å². The number of aromatic nitrogens is 4. The molecule has 2 N–H and O–H groups in total. The summed E-state index contributed by atoms with van der Waals surface area (Å²) in [4.78, 5) is 13.9. The van der Waals surface area contributed by atoms with Crippen LogP contribution in [0.4, 0.5) is 5.82 Å². The van der Waals surface area contributed by atoms with Crippen LogP contribution in [0, 0.1) is 6.92 Å². The number of hydrogen-bond donors (Lipinski definition) is 2. The third-order valence-electron chi connectivity index (χ3n) is 1.83. The van der Waals surface area contributed by atoms with Gasteiger partial charge in [-0.2, -0.15) is 8.42 Å². The Labute approximate surface area is 102 Å². The fourth-order valence-corrected chi connectivity index (χ4v) is 2.15. The lowest BCUT2D eigenvalue weighted by atomic mass is 10.7. The number of aromatic amines is 1. The first-order valence-electron chi connectivity index (χ1n) is 4.49. The van der Waals surface area contributed by atoms with Crippen molar-refractivity contribution in [2.75, 3.05) is 4.72 Å². The molecule has 0 aliphatic heterocycles. The molecule has 0 unspecified atom stereocenters. The van der Waals surface area contributed by atoms with Gasteiger partial charge in [-0.25, -0.2) is 15.0 Å². The van der Waals surface area contributed by atoms with Crippen molar-refractivity contribution in [3.05, 3.63) is 29.6 Å². The summed E-state index contributed by atoms with van der Waals surface area (Å²) >= 11 is 5.54. The van der Waals surface area contributed by atoms with E-state index in [-0.39, 0.29) is 16.0 Å². The minimum atomic E-state index is -3.72. The number of rotatable bonds is 3. The maximum Gasteiger partial charge on any atom is 0.280 e. The number of hydrogen-bond acceptors (Lipinski definition) is 5. The summed E-state index contributed by atoms with van der Waals surface area (Å²) in [5.74, 6) is 0.592. The monoisotopic (exact) mass is 273 g/mol. The van der Waals surface area contributed by atoms with Crippen molar-refractivity contribution in [2.24, 2.45) is 0 Å². The fourth-order valence-electron chi connectivity index (χ4n) is 1.09. The largest absolute Gasteiger partial charge is 0.332 e. The van der Waals surface area contributed by atoms with Gasteiger partial charge in [0.1, 0.15) is 11.0 Å². The van der Waals surface area contributed by atoms with Gasteiger partial charge in [-0.1, -0.05) is 11.6 Å². The predicted molar refractivity (Wildman–Crippen MR) is 61.2 cm³/mol. The van der Waals surface area contributed by atoms with E-state index in [4.69, 9.17) is 11.6 Å². The molecule has 0 saturated heterocycles. The van der Waals surface area contributed by atoms with Crippen molar-refractivity contribution in [1.29, 1.82) is 0 Å². The SMILES string of the molecule is Cc1ncc(S(=O)(=O)Nc2cnc(Cl)cn2)[nH]1. The van der Waals surface area contributed by atoms with Crippen LogP contribution in [0.2, 0.25) is 5.15 Å². The van der Waals surface area contributed by atoms with E-state index in [2.05, 4.69) is 24.7 Å². The van der Waals surface area contributed by atoms with Gasteiger partial charge in [-0.15, -0.1) is 0 Å². The average molecular weight is 274 g/mol. The van der Waals surface area contributed by atoms with E-state index in [0.29, 0.717) is 5.82 Å². The molecule has 9 heteroatoms. The minimum Gasteiger partial charge on any atom is -0.332 e. The van der Waals surface area contributed by atoms with Crippen LogP contribution in [0.15, 0.2) is 23.6 Å². The third kappa shape index (κ3) is 2.71. The van der Waals surface area contributed by atoms with E-state index in [1.54, 1.807) is 6.92 Å². The molecule has 0 amide bonds. The van der Waals surface area contributed by atoms with E-state index in [0.717, 1.165) is 0 Å². The Kier molecular flexibility index (Phi) is 2.99. The Morgan fingerprint density at radius 3 is 2.53 bits per heavy atom. The van der Waals surface area contributed by atoms with Crippen LogP contribution in [0.5, 0.6) is 0 Å². The molecule has 0 atom stereocenters. The van der Waals surface area contributed by atoms with Crippen molar-refractivity contribution < 1.29 is 8.42 Å². The first-order valence-corrected chi connectivity index (χ1v) is 6.35. The Hall–Kier alpha value is -1.67. The lowest BCUT2D eigenvalue weighted by Gasteiger charge is -2.04. The first kappa shape index (κ1) is 11.8. The van der Waals surface area contributed by atoms with Gasteiger partial charge >= 0.3 is 0 Å². The van der Waals surface area contributed by atoms with Gasteiger partial charge in [-0.3, -0.25) is 4.72 Å². The molecular weight excluding hydrogens is 266 g/mol. The predicted octanol–water partition coefficient (Wildman–Crippen LogP) is 0.962. The zero-order valence-corrected chi connectivity index (χ0v) is 10.2. The molecule has 2 aromatic rings. The maximum absolute atomic E-state index is 11.8. The molecular formula is C8H8ClN5O2S. The molecule has 0 radical (unpaired) electrons.